The Morgan fingerprint density at radius 1 is 1.20 bits per heavy atom. The van der Waals surface area contributed by atoms with Gasteiger partial charge >= 0.3 is 0 Å². The summed E-state index contributed by atoms with van der Waals surface area (Å²) in [4.78, 5) is 4.18. The standard InChI is InChI=1S/C15H16ClNO2S/c16-14-6-2-1-5-12(14)9-19-10-13(18)11-20-15-7-3-4-8-17-15/h1-8,13,18H,9-11H2. The summed E-state index contributed by atoms with van der Waals surface area (Å²) >= 11 is 7.54. The van der Waals surface area contributed by atoms with Gasteiger partial charge in [-0.1, -0.05) is 35.9 Å². The minimum Gasteiger partial charge on any atom is -0.390 e. The lowest BCUT2D eigenvalue weighted by Crippen LogP contribution is -2.18. The average Bonchev–Trinajstić information content (AvgIpc) is 2.48. The van der Waals surface area contributed by atoms with Crippen molar-refractivity contribution in [1.29, 1.82) is 0 Å². The van der Waals surface area contributed by atoms with Crippen LogP contribution in [0, 0.1) is 0 Å². The Balaban J connectivity index is 1.68. The molecule has 1 aromatic carbocycles. The molecule has 0 bridgehead atoms. The Labute approximate surface area is 128 Å². The average molecular weight is 310 g/mol. The Morgan fingerprint density at radius 2 is 2.00 bits per heavy atom. The van der Waals surface area contributed by atoms with Gasteiger partial charge in [0.1, 0.15) is 0 Å². The fourth-order valence-corrected chi connectivity index (χ4v) is 2.54. The molecule has 1 unspecified atom stereocenters. The molecule has 20 heavy (non-hydrogen) atoms. The number of ether oxygens (including phenoxy) is 1. The maximum atomic E-state index is 9.85. The zero-order valence-corrected chi connectivity index (χ0v) is 12.5. The number of hydrogen-bond acceptors (Lipinski definition) is 4. The molecule has 106 valence electrons. The number of hydrogen-bond donors (Lipinski definition) is 1. The highest BCUT2D eigenvalue weighted by Crippen LogP contribution is 2.17. The van der Waals surface area contributed by atoms with Gasteiger partial charge in [-0.3, -0.25) is 0 Å². The fourth-order valence-electron chi connectivity index (χ4n) is 1.58. The summed E-state index contributed by atoms with van der Waals surface area (Å²) in [5, 5.41) is 11.4. The van der Waals surface area contributed by atoms with Crippen molar-refractivity contribution in [2.24, 2.45) is 0 Å². The molecule has 0 saturated heterocycles. The van der Waals surface area contributed by atoms with Crippen LogP contribution in [0.3, 0.4) is 0 Å². The van der Waals surface area contributed by atoms with Gasteiger partial charge in [-0.15, -0.1) is 11.8 Å². The van der Waals surface area contributed by atoms with Crippen molar-refractivity contribution in [3.8, 4) is 0 Å². The van der Waals surface area contributed by atoms with Crippen LogP contribution in [0.2, 0.25) is 5.02 Å². The first-order chi connectivity index (χ1) is 9.75. The second kappa shape index (κ2) is 8.27. The second-order valence-corrected chi connectivity index (χ2v) is 5.69. The van der Waals surface area contributed by atoms with Crippen molar-refractivity contribution >= 4 is 23.4 Å². The Hall–Kier alpha value is -1.07. The van der Waals surface area contributed by atoms with Crippen molar-refractivity contribution in [2.45, 2.75) is 17.7 Å². The van der Waals surface area contributed by atoms with Gasteiger partial charge in [0.25, 0.3) is 0 Å². The molecule has 0 aliphatic rings. The minimum atomic E-state index is -0.524. The predicted octanol–water partition coefficient (Wildman–Crippen LogP) is 3.40. The summed E-state index contributed by atoms with van der Waals surface area (Å²) in [7, 11) is 0. The number of halogens is 1. The zero-order chi connectivity index (χ0) is 14.2. The summed E-state index contributed by atoms with van der Waals surface area (Å²) in [5.74, 6) is 0.555. The lowest BCUT2D eigenvalue weighted by Gasteiger charge is -2.11. The van der Waals surface area contributed by atoms with E-state index in [9.17, 15) is 5.11 Å². The van der Waals surface area contributed by atoms with Crippen LogP contribution in [0.25, 0.3) is 0 Å². The summed E-state index contributed by atoms with van der Waals surface area (Å²) < 4.78 is 5.48. The van der Waals surface area contributed by atoms with Gasteiger partial charge in [0.15, 0.2) is 0 Å². The van der Waals surface area contributed by atoms with E-state index in [2.05, 4.69) is 4.98 Å². The molecular weight excluding hydrogens is 294 g/mol. The molecule has 0 fully saturated rings. The van der Waals surface area contributed by atoms with Crippen LogP contribution in [0.4, 0.5) is 0 Å². The van der Waals surface area contributed by atoms with Crippen LogP contribution in [0.5, 0.6) is 0 Å². The van der Waals surface area contributed by atoms with Gasteiger partial charge in [0, 0.05) is 17.0 Å². The predicted molar refractivity (Wildman–Crippen MR) is 82.1 cm³/mol. The highest BCUT2D eigenvalue weighted by molar-refractivity contribution is 7.99. The van der Waals surface area contributed by atoms with Crippen molar-refractivity contribution in [3.63, 3.8) is 0 Å². The largest absolute Gasteiger partial charge is 0.390 e. The number of nitrogens with zero attached hydrogens (tertiary/aromatic N) is 1. The fraction of sp³-hybridized carbons (Fsp3) is 0.267. The summed E-state index contributed by atoms with van der Waals surface area (Å²) in [6, 6.07) is 13.2. The third-order valence-electron chi connectivity index (χ3n) is 2.59. The molecule has 1 N–H and O–H groups in total. The Morgan fingerprint density at radius 3 is 2.75 bits per heavy atom. The van der Waals surface area contributed by atoms with E-state index in [-0.39, 0.29) is 6.61 Å². The molecule has 2 rings (SSSR count). The number of aromatic nitrogens is 1. The number of aliphatic hydroxyl groups excluding tert-OH is 1. The topological polar surface area (TPSA) is 42.4 Å². The summed E-state index contributed by atoms with van der Waals surface area (Å²) in [5.41, 5.74) is 0.929. The molecule has 0 amide bonds. The van der Waals surface area contributed by atoms with E-state index in [4.69, 9.17) is 16.3 Å². The van der Waals surface area contributed by atoms with Crippen LogP contribution >= 0.6 is 23.4 Å². The van der Waals surface area contributed by atoms with E-state index >= 15 is 0 Å². The molecule has 1 atom stereocenters. The molecule has 2 aromatic rings. The number of thioether (sulfide) groups is 1. The van der Waals surface area contributed by atoms with Gasteiger partial charge in [-0.25, -0.2) is 4.98 Å². The molecule has 3 nitrogen and oxygen atoms in total. The van der Waals surface area contributed by atoms with E-state index in [0.717, 1.165) is 10.6 Å². The second-order valence-electron chi connectivity index (χ2n) is 4.24. The van der Waals surface area contributed by atoms with Crippen LogP contribution in [0.1, 0.15) is 5.56 Å². The maximum absolute atomic E-state index is 9.85. The lowest BCUT2D eigenvalue weighted by molar-refractivity contribution is 0.0398. The van der Waals surface area contributed by atoms with Gasteiger partial charge in [-0.05, 0) is 23.8 Å². The first-order valence-corrected chi connectivity index (χ1v) is 7.65. The lowest BCUT2D eigenvalue weighted by atomic mass is 10.2. The van der Waals surface area contributed by atoms with E-state index in [1.54, 1.807) is 6.20 Å². The number of aliphatic hydroxyl groups is 1. The van der Waals surface area contributed by atoms with Gasteiger partial charge < -0.3 is 9.84 Å². The van der Waals surface area contributed by atoms with Gasteiger partial charge in [0.05, 0.1) is 24.3 Å². The quantitative estimate of drug-likeness (QED) is 0.796. The van der Waals surface area contributed by atoms with Gasteiger partial charge in [-0.2, -0.15) is 0 Å². The molecule has 0 radical (unpaired) electrons. The monoisotopic (exact) mass is 309 g/mol. The van der Waals surface area contributed by atoms with Crippen LogP contribution < -0.4 is 0 Å². The number of pyridine rings is 1. The van der Waals surface area contributed by atoms with E-state index in [1.165, 1.54) is 11.8 Å². The van der Waals surface area contributed by atoms with Gasteiger partial charge in [0.2, 0.25) is 0 Å². The van der Waals surface area contributed by atoms with Crippen molar-refractivity contribution in [1.82, 2.24) is 4.98 Å². The third-order valence-corrected chi connectivity index (χ3v) is 4.04. The molecular formula is C15H16ClNO2S. The summed E-state index contributed by atoms with van der Waals surface area (Å²) in [6.45, 7) is 0.691. The van der Waals surface area contributed by atoms with E-state index in [1.807, 2.05) is 42.5 Å². The molecule has 0 aliphatic carbocycles. The zero-order valence-electron chi connectivity index (χ0n) is 10.9. The van der Waals surface area contributed by atoms with Crippen LogP contribution in [-0.4, -0.2) is 28.6 Å². The normalized spacial score (nSPS) is 12.3. The smallest absolute Gasteiger partial charge is 0.0960 e. The molecule has 1 aromatic heterocycles. The molecule has 0 saturated carbocycles. The van der Waals surface area contributed by atoms with E-state index in [0.29, 0.717) is 17.4 Å². The molecule has 0 aliphatic heterocycles. The summed E-state index contributed by atoms with van der Waals surface area (Å²) in [6.07, 6.45) is 1.22. The molecule has 5 heteroatoms. The molecule has 0 spiro atoms. The Kier molecular flexibility index (Phi) is 6.33. The highest BCUT2D eigenvalue weighted by atomic mass is 35.5. The van der Waals surface area contributed by atoms with Crippen molar-refractivity contribution in [2.75, 3.05) is 12.4 Å². The minimum absolute atomic E-state index is 0.283. The number of rotatable bonds is 7. The molecule has 1 heterocycles. The number of benzene rings is 1. The maximum Gasteiger partial charge on any atom is 0.0960 e. The SMILES string of the molecule is OC(COCc1ccccc1Cl)CSc1ccccn1. The third kappa shape index (κ3) is 5.13. The van der Waals surface area contributed by atoms with E-state index < -0.39 is 6.10 Å². The van der Waals surface area contributed by atoms with Crippen LogP contribution in [-0.2, 0) is 11.3 Å². The highest BCUT2D eigenvalue weighted by Gasteiger charge is 2.07. The first-order valence-electron chi connectivity index (χ1n) is 6.29. The van der Waals surface area contributed by atoms with Crippen molar-refractivity contribution in [3.05, 3.63) is 59.2 Å². The Bertz CT molecular complexity index is 524. The van der Waals surface area contributed by atoms with Crippen molar-refractivity contribution < 1.29 is 9.84 Å². The first kappa shape index (κ1) is 15.3. The van der Waals surface area contributed by atoms with Crippen LogP contribution in [0.15, 0.2) is 53.7 Å².